The van der Waals surface area contributed by atoms with E-state index >= 15 is 0 Å². The summed E-state index contributed by atoms with van der Waals surface area (Å²) in [5, 5.41) is 13.2. The first-order valence-corrected chi connectivity index (χ1v) is 6.26. The first-order chi connectivity index (χ1) is 8.06. The second-order valence-electron chi connectivity index (χ2n) is 3.28. The summed E-state index contributed by atoms with van der Waals surface area (Å²) in [5.74, 6) is 0.390. The minimum Gasteiger partial charge on any atom is -0.398 e. The van der Waals surface area contributed by atoms with Crippen LogP contribution < -0.4 is 11.1 Å². The molecule has 0 atom stereocenters. The lowest BCUT2D eigenvalue weighted by atomic mass is 10.1. The smallest absolute Gasteiger partial charge is 0.270 e. The van der Waals surface area contributed by atoms with Crippen molar-refractivity contribution in [2.24, 2.45) is 0 Å². The van der Waals surface area contributed by atoms with Gasteiger partial charge in [-0.1, -0.05) is 0 Å². The van der Waals surface area contributed by atoms with Crippen LogP contribution in [0.1, 0.15) is 10.4 Å². The van der Waals surface area contributed by atoms with Crippen molar-refractivity contribution in [1.29, 1.82) is 0 Å². The van der Waals surface area contributed by atoms with Crippen LogP contribution in [0.4, 0.5) is 11.4 Å². The number of anilines is 1. The zero-order chi connectivity index (χ0) is 12.8. The average molecular weight is 255 g/mol. The number of carbonyl (C=O) groups excluding carboxylic acids is 1. The molecule has 0 saturated heterocycles. The normalized spacial score (nSPS) is 9.94. The number of nitrogen functional groups attached to an aromatic ring is 1. The first kappa shape index (κ1) is 13.3. The van der Waals surface area contributed by atoms with Crippen molar-refractivity contribution < 1.29 is 9.72 Å². The van der Waals surface area contributed by atoms with Crippen LogP contribution >= 0.6 is 11.8 Å². The molecule has 1 aromatic carbocycles. The summed E-state index contributed by atoms with van der Waals surface area (Å²) in [6.07, 6.45) is 1.92. The molecule has 1 rings (SSSR count). The van der Waals surface area contributed by atoms with Crippen molar-refractivity contribution in [3.63, 3.8) is 0 Å². The van der Waals surface area contributed by atoms with Crippen LogP contribution in [-0.2, 0) is 0 Å². The maximum atomic E-state index is 11.7. The van der Waals surface area contributed by atoms with Gasteiger partial charge in [0.05, 0.1) is 10.5 Å². The van der Waals surface area contributed by atoms with Gasteiger partial charge < -0.3 is 11.1 Å². The summed E-state index contributed by atoms with van der Waals surface area (Å²) in [6.45, 7) is 0.502. The summed E-state index contributed by atoms with van der Waals surface area (Å²) in [7, 11) is 0. The third-order valence-electron chi connectivity index (χ3n) is 2.08. The van der Waals surface area contributed by atoms with E-state index in [-0.39, 0.29) is 22.8 Å². The first-order valence-electron chi connectivity index (χ1n) is 4.87. The number of rotatable bonds is 5. The largest absolute Gasteiger partial charge is 0.398 e. The highest BCUT2D eigenvalue weighted by Gasteiger charge is 2.14. The Morgan fingerprint density at radius 3 is 2.88 bits per heavy atom. The summed E-state index contributed by atoms with van der Waals surface area (Å²) in [4.78, 5) is 21.7. The lowest BCUT2D eigenvalue weighted by molar-refractivity contribution is -0.384. The highest BCUT2D eigenvalue weighted by Crippen LogP contribution is 2.19. The third kappa shape index (κ3) is 3.63. The number of amides is 1. The van der Waals surface area contributed by atoms with E-state index in [1.165, 1.54) is 18.2 Å². The van der Waals surface area contributed by atoms with Gasteiger partial charge in [0.1, 0.15) is 0 Å². The van der Waals surface area contributed by atoms with Gasteiger partial charge in [0.25, 0.3) is 11.6 Å². The van der Waals surface area contributed by atoms with Gasteiger partial charge in [-0.05, 0) is 12.3 Å². The summed E-state index contributed by atoms with van der Waals surface area (Å²) in [6, 6.07) is 3.82. The quantitative estimate of drug-likeness (QED) is 0.357. The minimum absolute atomic E-state index is 0.139. The molecule has 0 aromatic heterocycles. The van der Waals surface area contributed by atoms with E-state index in [1.54, 1.807) is 11.8 Å². The van der Waals surface area contributed by atoms with Crippen LogP contribution in [0.15, 0.2) is 18.2 Å². The molecule has 0 spiro atoms. The van der Waals surface area contributed by atoms with Crippen molar-refractivity contribution in [2.45, 2.75) is 0 Å². The van der Waals surface area contributed by atoms with Gasteiger partial charge in [-0.15, -0.1) is 0 Å². The van der Waals surface area contributed by atoms with E-state index in [9.17, 15) is 14.9 Å². The van der Waals surface area contributed by atoms with Gasteiger partial charge in [-0.25, -0.2) is 0 Å². The van der Waals surface area contributed by atoms with Crippen LogP contribution in [-0.4, -0.2) is 29.4 Å². The molecule has 0 aliphatic heterocycles. The molecule has 0 fully saturated rings. The Labute approximate surface area is 103 Å². The van der Waals surface area contributed by atoms with E-state index in [0.717, 1.165) is 5.75 Å². The van der Waals surface area contributed by atoms with Crippen molar-refractivity contribution in [2.75, 3.05) is 24.3 Å². The standard InChI is InChI=1S/C10H13N3O3S/c1-17-5-4-12-10(14)8-6-7(13(15)16)2-3-9(8)11/h2-3,6H,4-5,11H2,1H3,(H,12,14). The molecule has 1 aromatic rings. The molecule has 6 nitrogen and oxygen atoms in total. The fourth-order valence-electron chi connectivity index (χ4n) is 1.22. The molecule has 0 radical (unpaired) electrons. The van der Waals surface area contributed by atoms with Crippen LogP contribution in [0, 0.1) is 10.1 Å². The molecule has 0 saturated carbocycles. The van der Waals surface area contributed by atoms with Gasteiger partial charge in [0.15, 0.2) is 0 Å². The number of nitrogens with zero attached hydrogens (tertiary/aromatic N) is 1. The Morgan fingerprint density at radius 1 is 1.59 bits per heavy atom. The number of nitro groups is 1. The number of non-ortho nitro benzene ring substituents is 1. The number of hydrogen-bond acceptors (Lipinski definition) is 5. The zero-order valence-electron chi connectivity index (χ0n) is 9.30. The summed E-state index contributed by atoms with van der Waals surface area (Å²) < 4.78 is 0. The molecule has 7 heteroatoms. The maximum Gasteiger partial charge on any atom is 0.270 e. The van der Waals surface area contributed by atoms with Crippen LogP contribution in [0.3, 0.4) is 0 Å². The molecule has 3 N–H and O–H groups in total. The summed E-state index contributed by atoms with van der Waals surface area (Å²) in [5.41, 5.74) is 5.83. The fourth-order valence-corrected chi connectivity index (χ4v) is 1.52. The minimum atomic E-state index is -0.557. The second-order valence-corrected chi connectivity index (χ2v) is 4.26. The second kappa shape index (κ2) is 6.09. The van der Waals surface area contributed by atoms with Crippen molar-refractivity contribution in [3.05, 3.63) is 33.9 Å². The molecular formula is C10H13N3O3S. The number of nitrogens with two attached hydrogens (primary N) is 1. The van der Waals surface area contributed by atoms with E-state index < -0.39 is 4.92 Å². The predicted octanol–water partition coefficient (Wildman–Crippen LogP) is 1.27. The van der Waals surface area contributed by atoms with E-state index in [0.29, 0.717) is 6.54 Å². The van der Waals surface area contributed by atoms with Crippen molar-refractivity contribution in [1.82, 2.24) is 5.32 Å². The third-order valence-corrected chi connectivity index (χ3v) is 2.70. The van der Waals surface area contributed by atoms with Crippen molar-refractivity contribution in [3.8, 4) is 0 Å². The molecule has 0 heterocycles. The monoisotopic (exact) mass is 255 g/mol. The number of nitro benzene ring substituents is 1. The van der Waals surface area contributed by atoms with E-state index in [4.69, 9.17) is 5.73 Å². The molecule has 92 valence electrons. The fraction of sp³-hybridized carbons (Fsp3) is 0.300. The number of carbonyl (C=O) groups is 1. The van der Waals surface area contributed by atoms with E-state index in [1.807, 2.05) is 6.26 Å². The average Bonchev–Trinajstić information content (AvgIpc) is 2.29. The molecule has 17 heavy (non-hydrogen) atoms. The van der Waals surface area contributed by atoms with Crippen LogP contribution in [0.5, 0.6) is 0 Å². The molecule has 0 unspecified atom stereocenters. The number of nitrogens with one attached hydrogen (secondary N) is 1. The van der Waals surface area contributed by atoms with Gasteiger partial charge in [-0.2, -0.15) is 11.8 Å². The Morgan fingerprint density at radius 2 is 2.29 bits per heavy atom. The van der Waals surface area contributed by atoms with Crippen molar-refractivity contribution >= 4 is 29.0 Å². The molecular weight excluding hydrogens is 242 g/mol. The van der Waals surface area contributed by atoms with E-state index in [2.05, 4.69) is 5.32 Å². The van der Waals surface area contributed by atoms with Crippen LogP contribution in [0.2, 0.25) is 0 Å². The van der Waals surface area contributed by atoms with Gasteiger partial charge in [0, 0.05) is 30.1 Å². The Bertz CT molecular complexity index is 437. The predicted molar refractivity (Wildman–Crippen MR) is 68.2 cm³/mol. The Balaban J connectivity index is 2.84. The van der Waals surface area contributed by atoms with Gasteiger partial charge in [0.2, 0.25) is 0 Å². The topological polar surface area (TPSA) is 98.3 Å². The Hall–Kier alpha value is -1.76. The Kier molecular flexibility index (Phi) is 4.77. The maximum absolute atomic E-state index is 11.7. The van der Waals surface area contributed by atoms with Crippen LogP contribution in [0.25, 0.3) is 0 Å². The number of hydrogen-bond donors (Lipinski definition) is 2. The molecule has 0 aliphatic rings. The number of thioether (sulfide) groups is 1. The zero-order valence-corrected chi connectivity index (χ0v) is 10.1. The van der Waals surface area contributed by atoms with Gasteiger partial charge >= 0.3 is 0 Å². The summed E-state index contributed by atoms with van der Waals surface area (Å²) >= 11 is 1.60. The number of benzene rings is 1. The molecule has 0 aliphatic carbocycles. The van der Waals surface area contributed by atoms with Gasteiger partial charge in [-0.3, -0.25) is 14.9 Å². The lowest BCUT2D eigenvalue weighted by Crippen LogP contribution is -2.26. The highest BCUT2D eigenvalue weighted by atomic mass is 32.2. The molecule has 0 bridgehead atoms. The molecule has 1 amide bonds. The highest BCUT2D eigenvalue weighted by molar-refractivity contribution is 7.98. The SMILES string of the molecule is CSCCNC(=O)c1cc([N+](=O)[O-])ccc1N. The lowest BCUT2D eigenvalue weighted by Gasteiger charge is -2.06.